The van der Waals surface area contributed by atoms with Crippen LogP contribution in [0.3, 0.4) is 0 Å². The van der Waals surface area contributed by atoms with Crippen molar-refractivity contribution >= 4 is 163 Å². The molecule has 0 spiro atoms. The molecule has 0 bridgehead atoms. The Hall–Kier alpha value is -12.2. The number of ketones is 4. The number of nitrogen functional groups attached to an aromatic ring is 2. The van der Waals surface area contributed by atoms with E-state index in [2.05, 4.69) is 126 Å². The minimum Gasteiger partial charge on any atom is -0.460 e. The maximum atomic E-state index is 13.9. The number of allylic oxidation sites excluding steroid dienone is 2. The summed E-state index contributed by atoms with van der Waals surface area (Å²) in [7, 11) is 0. The lowest BCUT2D eigenvalue weighted by molar-refractivity contribution is -0.694. The van der Waals surface area contributed by atoms with Crippen molar-refractivity contribution in [2.24, 2.45) is 5.92 Å². The third kappa shape index (κ3) is 32.6. The Morgan fingerprint density at radius 1 is 0.562 bits per heavy atom. The number of carbonyl (C=O) groups is 9. The molecule has 1 unspecified atom stereocenters. The number of hydrogen-bond donors (Lipinski definition) is 6. The standard InChI is InChI=1S/C24H23Cl2N5O.C21H20Cl2N2O2.C14H18N2O2.C10H14N2.C8H14O3.C7H4Cl2O.C4H4O2.2C3H5N3/c1-16-21(24(32)17-9-14-30(15-10-17)29-12-3-2-4-13-29)23(31-20(28-16)8-11-27-31)18-6-5-7-19(25)22(18)26;1-15(26)18(14-16-6-5-9-19(22)20(16)23)21(27)25-12-10-24(11-13-25)17-7-3-2-4-8-17;1-12(17)11-14(18)16-9-7-15(8-10-16)13-5-3-2-4-6-13;1-2-4-10(5-3-1)12-8-6-11-7-9-12;1-6(9)5-7(10)11-8(2,3)4;8-6-3-1-2-5(4-10)7(6)9;1-3-2-4(5)6-3;2*4-3-1-2-5-6-3/h2-8,11-13,17,23H,9-10,14-15H2,1H3;2-9,14H,10-13H2,1H3;2-6H,7-11H2,1H3;1-5,11H,6-9H2;5H2,1-4H3;1-4H;1-2H2;2*1-2H,(H3,4,5,6)/p+1. The fourth-order valence-electron chi connectivity index (χ4n) is 13.6. The number of ether oxygens (including phenoxy) is 2. The largest absolute Gasteiger partial charge is 0.460 e. The van der Waals surface area contributed by atoms with E-state index < -0.39 is 17.6 Å². The number of nitrogens with zero attached hydrogens (tertiary/aromatic N) is 11. The predicted octanol–water partition coefficient (Wildman–Crippen LogP) is 15.7. The molecule has 5 fully saturated rings. The number of piperazine rings is 3. The van der Waals surface area contributed by atoms with Crippen LogP contribution < -0.4 is 46.5 Å². The normalized spacial score (nSPS) is 15.2. The van der Waals surface area contributed by atoms with Crippen molar-refractivity contribution in [2.75, 3.05) is 128 Å². The maximum Gasteiger partial charge on any atom is 0.318 e. The third-order valence-electron chi connectivity index (χ3n) is 19.9. The number of carbonyl (C=O) groups excluding carboxylic acids is 9. The minimum absolute atomic E-state index is 0.0331. The van der Waals surface area contributed by atoms with Crippen molar-refractivity contribution in [3.63, 3.8) is 0 Å². The van der Waals surface area contributed by atoms with Crippen molar-refractivity contribution in [3.05, 3.63) is 289 Å². The number of benzene rings is 6. The first kappa shape index (κ1) is 101. The van der Waals surface area contributed by atoms with Gasteiger partial charge in [-0.2, -0.15) is 20.3 Å². The topological polar surface area (TPSA) is 347 Å². The number of anilines is 6. The van der Waals surface area contributed by atoms with Gasteiger partial charge in [0.2, 0.25) is 5.91 Å². The Morgan fingerprint density at radius 2 is 1.02 bits per heavy atom. The van der Waals surface area contributed by atoms with E-state index in [1.807, 2.05) is 96.8 Å². The van der Waals surface area contributed by atoms with E-state index in [0.717, 1.165) is 101 Å². The third-order valence-corrected chi connectivity index (χ3v) is 22.4. The van der Waals surface area contributed by atoms with Gasteiger partial charge in [0.15, 0.2) is 30.2 Å². The van der Waals surface area contributed by atoms with Gasteiger partial charge in [0, 0.05) is 142 Å². The Morgan fingerprint density at radius 3 is 1.45 bits per heavy atom. The number of pyridine rings is 1. The number of cyclic esters (lactones) is 1. The number of nitrogens with one attached hydrogen (secondary N) is 4. The van der Waals surface area contributed by atoms with Gasteiger partial charge in [-0.3, -0.25) is 53.3 Å². The highest BCUT2D eigenvalue weighted by Crippen LogP contribution is 2.43. The number of amides is 2. The van der Waals surface area contributed by atoms with Crippen molar-refractivity contribution in [2.45, 2.75) is 92.2 Å². The highest BCUT2D eigenvalue weighted by atomic mass is 35.5. The summed E-state index contributed by atoms with van der Waals surface area (Å²) in [6.45, 7) is 26.5. The molecular formula is C94H108Cl6N17O11+. The second-order valence-corrected chi connectivity index (χ2v) is 33.0. The van der Waals surface area contributed by atoms with Gasteiger partial charge in [0.05, 0.1) is 73.8 Å². The van der Waals surface area contributed by atoms with Crippen LogP contribution in [-0.2, 0) is 47.8 Å². The molecule has 6 aliphatic rings. The summed E-state index contributed by atoms with van der Waals surface area (Å²) >= 11 is 36.4. The van der Waals surface area contributed by atoms with Gasteiger partial charge < -0.3 is 56.1 Å². The van der Waals surface area contributed by atoms with Crippen LogP contribution in [0.5, 0.6) is 0 Å². The fraction of sp³-hybridized carbons (Fsp3) is 0.309. The number of aromatic amines is 2. The molecule has 5 saturated heterocycles. The average Bonchev–Trinajstić information content (AvgIpc) is 1.50. The zero-order valence-electron chi connectivity index (χ0n) is 72.5. The molecule has 128 heavy (non-hydrogen) atoms. The van der Waals surface area contributed by atoms with Crippen LogP contribution in [0, 0.1) is 5.92 Å². The number of piperidine rings is 1. The molecule has 34 heteroatoms. The molecule has 6 aliphatic heterocycles. The van der Waals surface area contributed by atoms with Crippen molar-refractivity contribution in [3.8, 4) is 0 Å². The lowest BCUT2D eigenvalue weighted by Gasteiger charge is -2.36. The van der Waals surface area contributed by atoms with E-state index >= 15 is 0 Å². The van der Waals surface area contributed by atoms with E-state index in [-0.39, 0.29) is 65.2 Å². The number of hydrogen-bond acceptors (Lipinski definition) is 22. The molecule has 676 valence electrons. The SMILES string of the molecule is C=C1CC(=O)O1.CC(=O)C(=Cc1cccc(Cl)c1Cl)C(=O)N1CCN(c2ccccc2)CC1.CC(=O)CC(=O)N1CCN(c2ccccc2)CC1.CC(=O)CC(=O)OC(C)(C)C.CC1=C(C(=O)C2CCN([n+]3ccccc3)CC2)C(c2cccc(Cl)c2Cl)n2nccc2N1.Nc1ccn[nH]1.Nc1ccn[nH]1.O=Cc1cccc(Cl)c1Cl.c1ccc(N2CCNCC2)cc1. The molecular weight excluding hydrogens is 1760 g/mol. The first-order chi connectivity index (χ1) is 61.3. The smallest absolute Gasteiger partial charge is 0.318 e. The number of H-pyrrole nitrogens is 2. The summed E-state index contributed by atoms with van der Waals surface area (Å²) in [6, 6.07) is 57.4. The van der Waals surface area contributed by atoms with Gasteiger partial charge in [0.25, 0.3) is 5.91 Å². The number of para-hydroxylation sites is 3. The van der Waals surface area contributed by atoms with Crippen LogP contribution in [0.1, 0.15) is 108 Å². The van der Waals surface area contributed by atoms with Gasteiger partial charge in [-0.15, -0.1) is 0 Å². The van der Waals surface area contributed by atoms with Crippen LogP contribution in [0.4, 0.5) is 34.5 Å². The van der Waals surface area contributed by atoms with E-state index in [9.17, 15) is 43.2 Å². The molecule has 16 rings (SSSR count). The summed E-state index contributed by atoms with van der Waals surface area (Å²) in [4.78, 5) is 113. The summed E-state index contributed by atoms with van der Waals surface area (Å²) in [5.41, 5.74) is 16.9. The summed E-state index contributed by atoms with van der Waals surface area (Å²) < 4.78 is 13.1. The summed E-state index contributed by atoms with van der Waals surface area (Å²) in [5.74, 6) is 1.26. The molecule has 10 heterocycles. The summed E-state index contributed by atoms with van der Waals surface area (Å²) in [5, 5.41) is 28.0. The number of fused-ring (bicyclic) bond motifs is 1. The van der Waals surface area contributed by atoms with E-state index in [4.69, 9.17) is 85.8 Å². The Balaban J connectivity index is 0.000000190. The first-order valence-electron chi connectivity index (χ1n) is 41.3. The highest BCUT2D eigenvalue weighted by Gasteiger charge is 2.39. The van der Waals surface area contributed by atoms with E-state index in [0.29, 0.717) is 103 Å². The zero-order valence-corrected chi connectivity index (χ0v) is 77.0. The molecule has 10 aromatic rings. The Bertz CT molecular complexity index is 5290. The number of esters is 2. The van der Waals surface area contributed by atoms with Crippen LogP contribution in [-0.4, -0.2) is 190 Å². The maximum absolute atomic E-state index is 13.9. The number of nitrogens with two attached hydrogens (primary N) is 2. The second-order valence-electron chi connectivity index (χ2n) is 30.7. The van der Waals surface area contributed by atoms with Gasteiger partial charge in [-0.25, -0.2) is 4.68 Å². The molecule has 28 nitrogen and oxygen atoms in total. The Labute approximate surface area is 776 Å². The lowest BCUT2D eigenvalue weighted by Crippen LogP contribution is -2.60. The number of Topliss-reactive ketones (excluding diaryl/α,β-unsaturated/α-hetero) is 4. The summed E-state index contributed by atoms with van der Waals surface area (Å²) in [6.07, 6.45) is 13.1. The monoisotopic (exact) mass is 1860 g/mol. The molecule has 2 amide bonds. The van der Waals surface area contributed by atoms with Crippen LogP contribution in [0.25, 0.3) is 6.08 Å². The van der Waals surface area contributed by atoms with Crippen LogP contribution in [0.15, 0.2) is 242 Å². The zero-order chi connectivity index (χ0) is 92.8. The lowest BCUT2D eigenvalue weighted by atomic mass is 9.83. The fourth-order valence-corrected chi connectivity index (χ4v) is 14.7. The quantitative estimate of drug-likeness (QED) is 0.0139. The van der Waals surface area contributed by atoms with Crippen molar-refractivity contribution < 1.29 is 57.3 Å². The van der Waals surface area contributed by atoms with Gasteiger partial charge in [-0.1, -0.05) is 178 Å². The van der Waals surface area contributed by atoms with E-state index in [1.54, 1.807) is 104 Å². The number of rotatable bonds is 15. The molecule has 0 saturated carbocycles. The van der Waals surface area contributed by atoms with Gasteiger partial charge in [0.1, 0.15) is 59.3 Å². The molecule has 6 aromatic carbocycles. The Kier molecular flexibility index (Phi) is 40.8. The van der Waals surface area contributed by atoms with Gasteiger partial charge in [-0.05, 0) is 140 Å². The number of aldehydes is 1. The van der Waals surface area contributed by atoms with Crippen LogP contribution in [0.2, 0.25) is 30.1 Å². The second kappa shape index (κ2) is 51.6. The van der Waals surface area contributed by atoms with Gasteiger partial charge >= 0.3 is 11.9 Å². The number of halogens is 6. The van der Waals surface area contributed by atoms with Crippen molar-refractivity contribution in [1.29, 1.82) is 0 Å². The van der Waals surface area contributed by atoms with Crippen molar-refractivity contribution in [1.82, 2.24) is 45.3 Å². The molecule has 4 aromatic heterocycles. The van der Waals surface area contributed by atoms with Crippen LogP contribution >= 0.6 is 69.6 Å². The average molecular weight is 1860 g/mol. The highest BCUT2D eigenvalue weighted by molar-refractivity contribution is 6.44. The molecule has 8 N–H and O–H groups in total. The molecule has 1 atom stereocenters. The minimum atomic E-state index is -0.494. The predicted molar refractivity (Wildman–Crippen MR) is 507 cm³/mol. The van der Waals surface area contributed by atoms with E-state index in [1.165, 1.54) is 38.2 Å². The number of aromatic nitrogens is 7. The first-order valence-corrected chi connectivity index (χ1v) is 43.6. The molecule has 0 aliphatic carbocycles. The molecule has 0 radical (unpaired) electrons.